The zero-order valence-corrected chi connectivity index (χ0v) is 12.3. The van der Waals surface area contributed by atoms with Gasteiger partial charge in [0.05, 0.1) is 5.02 Å². The van der Waals surface area contributed by atoms with E-state index in [0.29, 0.717) is 6.42 Å². The predicted molar refractivity (Wildman–Crippen MR) is 71.1 cm³/mol. The molecule has 0 heterocycles. The highest BCUT2D eigenvalue weighted by Gasteiger charge is 2.21. The van der Waals surface area contributed by atoms with Crippen LogP contribution in [0.1, 0.15) is 20.3 Å². The minimum atomic E-state index is -3.84. The maximum Gasteiger partial charge on any atom is 0.242 e. The molecule has 7 heteroatoms. The highest BCUT2D eigenvalue weighted by molar-refractivity contribution is 7.89. The van der Waals surface area contributed by atoms with Crippen molar-refractivity contribution in [1.82, 2.24) is 4.72 Å². The van der Waals surface area contributed by atoms with Gasteiger partial charge in [-0.3, -0.25) is 0 Å². The van der Waals surface area contributed by atoms with Gasteiger partial charge in [0.1, 0.15) is 10.7 Å². The second-order valence-electron chi connectivity index (χ2n) is 4.11. The van der Waals surface area contributed by atoms with Crippen LogP contribution in [0.3, 0.4) is 0 Å². The number of halogens is 3. The van der Waals surface area contributed by atoms with Crippen molar-refractivity contribution in [3.05, 3.63) is 29.0 Å². The molecule has 0 bridgehead atoms. The molecule has 0 saturated heterocycles. The summed E-state index contributed by atoms with van der Waals surface area (Å²) in [4.78, 5) is -0.266. The van der Waals surface area contributed by atoms with E-state index in [0.717, 1.165) is 12.1 Å². The molecular weight excluding hydrogens is 300 g/mol. The Balaban J connectivity index is 2.96. The van der Waals surface area contributed by atoms with Crippen molar-refractivity contribution in [2.24, 2.45) is 0 Å². The summed E-state index contributed by atoms with van der Waals surface area (Å²) >= 11 is 11.5. The van der Waals surface area contributed by atoms with Crippen LogP contribution in [0.5, 0.6) is 0 Å². The van der Waals surface area contributed by atoms with E-state index in [9.17, 15) is 12.8 Å². The average molecular weight is 314 g/mol. The molecule has 0 aliphatic rings. The molecule has 2 atom stereocenters. The zero-order valence-electron chi connectivity index (χ0n) is 9.95. The van der Waals surface area contributed by atoms with Gasteiger partial charge in [-0.05, 0) is 38.5 Å². The first-order chi connectivity index (χ1) is 8.22. The minimum Gasteiger partial charge on any atom is -0.208 e. The van der Waals surface area contributed by atoms with Crippen molar-refractivity contribution in [2.45, 2.75) is 36.6 Å². The Labute approximate surface area is 116 Å². The number of nitrogens with one attached hydrogen (secondary N) is 1. The van der Waals surface area contributed by atoms with Gasteiger partial charge in [0, 0.05) is 11.4 Å². The van der Waals surface area contributed by atoms with Crippen LogP contribution < -0.4 is 4.72 Å². The molecule has 1 N–H and O–H groups in total. The lowest BCUT2D eigenvalue weighted by molar-refractivity contribution is 0.544. The van der Waals surface area contributed by atoms with E-state index in [1.807, 2.05) is 0 Å². The number of benzene rings is 1. The molecule has 102 valence electrons. The van der Waals surface area contributed by atoms with Gasteiger partial charge in [-0.1, -0.05) is 11.6 Å². The molecule has 2 unspecified atom stereocenters. The van der Waals surface area contributed by atoms with Crippen molar-refractivity contribution < 1.29 is 12.8 Å². The standard InChI is InChI=1S/C11H14Cl2FNO2S/c1-7(12)5-8(2)15-18(16,17)11-6-9(14)3-4-10(11)13/h3-4,6-8,15H,5H2,1-2H3. The summed E-state index contributed by atoms with van der Waals surface area (Å²) in [7, 11) is -3.84. The third-order valence-electron chi connectivity index (χ3n) is 2.22. The van der Waals surface area contributed by atoms with Crippen molar-refractivity contribution in [2.75, 3.05) is 0 Å². The minimum absolute atomic E-state index is 0.0185. The van der Waals surface area contributed by atoms with Gasteiger partial charge in [0.15, 0.2) is 0 Å². The Morgan fingerprint density at radius 3 is 2.56 bits per heavy atom. The molecule has 1 aromatic carbocycles. The predicted octanol–water partition coefficient (Wildman–Crippen LogP) is 3.16. The third kappa shape index (κ3) is 4.39. The topological polar surface area (TPSA) is 46.2 Å². The SMILES string of the molecule is CC(Cl)CC(C)NS(=O)(=O)c1cc(F)ccc1Cl. The molecule has 0 fully saturated rings. The molecule has 0 saturated carbocycles. The Morgan fingerprint density at radius 1 is 1.39 bits per heavy atom. The molecule has 3 nitrogen and oxygen atoms in total. The molecule has 0 aromatic heterocycles. The van der Waals surface area contributed by atoms with Crippen LogP contribution >= 0.6 is 23.2 Å². The number of hydrogen-bond donors (Lipinski definition) is 1. The second kappa shape index (κ2) is 6.19. The smallest absolute Gasteiger partial charge is 0.208 e. The summed E-state index contributed by atoms with van der Waals surface area (Å²) < 4.78 is 39.4. The quantitative estimate of drug-likeness (QED) is 0.849. The van der Waals surface area contributed by atoms with Crippen LogP contribution in [-0.4, -0.2) is 19.8 Å². The average Bonchev–Trinajstić information content (AvgIpc) is 2.19. The molecular formula is C11H14Cl2FNO2S. The van der Waals surface area contributed by atoms with Crippen LogP contribution in [0.2, 0.25) is 5.02 Å². The fraction of sp³-hybridized carbons (Fsp3) is 0.455. The Hall–Kier alpha value is -0.360. The summed E-state index contributed by atoms with van der Waals surface area (Å²) in [6.07, 6.45) is 0.466. The van der Waals surface area contributed by atoms with Crippen molar-refractivity contribution in [3.63, 3.8) is 0 Å². The number of rotatable bonds is 5. The third-order valence-corrected chi connectivity index (χ3v) is 4.47. The van der Waals surface area contributed by atoms with Crippen LogP contribution in [0.4, 0.5) is 4.39 Å². The van der Waals surface area contributed by atoms with Crippen LogP contribution in [0, 0.1) is 5.82 Å². The Morgan fingerprint density at radius 2 is 2.00 bits per heavy atom. The first-order valence-electron chi connectivity index (χ1n) is 5.34. The van der Waals surface area contributed by atoms with Crippen molar-refractivity contribution in [3.8, 4) is 0 Å². The normalized spacial score (nSPS) is 15.4. The van der Waals surface area contributed by atoms with Gasteiger partial charge in [0.2, 0.25) is 10.0 Å². The van der Waals surface area contributed by atoms with E-state index in [4.69, 9.17) is 23.2 Å². The summed E-state index contributed by atoms with van der Waals surface area (Å²) in [5, 5.41) is -0.180. The number of alkyl halides is 1. The van der Waals surface area contributed by atoms with Crippen LogP contribution in [0.15, 0.2) is 23.1 Å². The van der Waals surface area contributed by atoms with Crippen LogP contribution in [0.25, 0.3) is 0 Å². The maximum atomic E-state index is 13.1. The summed E-state index contributed by atoms with van der Waals surface area (Å²) in [5.74, 6) is -0.655. The van der Waals surface area contributed by atoms with E-state index in [1.54, 1.807) is 13.8 Å². The first kappa shape index (κ1) is 15.7. The van der Waals surface area contributed by atoms with E-state index < -0.39 is 15.8 Å². The van der Waals surface area contributed by atoms with Gasteiger partial charge >= 0.3 is 0 Å². The molecule has 0 amide bonds. The number of hydrogen-bond acceptors (Lipinski definition) is 2. The largest absolute Gasteiger partial charge is 0.242 e. The van der Waals surface area contributed by atoms with E-state index in [1.165, 1.54) is 6.07 Å². The van der Waals surface area contributed by atoms with Crippen molar-refractivity contribution >= 4 is 33.2 Å². The van der Waals surface area contributed by atoms with E-state index >= 15 is 0 Å². The fourth-order valence-electron chi connectivity index (χ4n) is 1.55. The highest BCUT2D eigenvalue weighted by atomic mass is 35.5. The lowest BCUT2D eigenvalue weighted by Crippen LogP contribution is -2.34. The monoisotopic (exact) mass is 313 g/mol. The lowest BCUT2D eigenvalue weighted by Gasteiger charge is -2.15. The van der Waals surface area contributed by atoms with Gasteiger partial charge in [-0.2, -0.15) is 0 Å². The van der Waals surface area contributed by atoms with Gasteiger partial charge in [-0.25, -0.2) is 17.5 Å². The summed E-state index contributed by atoms with van der Waals surface area (Å²) in [5.41, 5.74) is 0. The molecule has 0 aliphatic heterocycles. The summed E-state index contributed by atoms with van der Waals surface area (Å²) in [6, 6.07) is 2.84. The Bertz CT molecular complexity index is 520. The molecule has 18 heavy (non-hydrogen) atoms. The zero-order chi connectivity index (χ0) is 13.9. The van der Waals surface area contributed by atoms with Gasteiger partial charge in [0.25, 0.3) is 0 Å². The fourth-order valence-corrected chi connectivity index (χ4v) is 3.58. The van der Waals surface area contributed by atoms with Gasteiger partial charge in [-0.15, -0.1) is 11.6 Å². The molecule has 0 spiro atoms. The van der Waals surface area contributed by atoms with Crippen molar-refractivity contribution in [1.29, 1.82) is 0 Å². The highest BCUT2D eigenvalue weighted by Crippen LogP contribution is 2.22. The molecule has 0 radical (unpaired) electrons. The van der Waals surface area contributed by atoms with Crippen LogP contribution in [-0.2, 0) is 10.0 Å². The molecule has 1 aromatic rings. The molecule has 1 rings (SSSR count). The molecule has 0 aliphatic carbocycles. The maximum absolute atomic E-state index is 13.1. The number of sulfonamides is 1. The Kier molecular flexibility index (Phi) is 5.40. The second-order valence-corrected chi connectivity index (χ2v) is 6.95. The first-order valence-corrected chi connectivity index (χ1v) is 7.63. The van der Waals surface area contributed by atoms with E-state index in [2.05, 4.69) is 4.72 Å². The van der Waals surface area contributed by atoms with E-state index in [-0.39, 0.29) is 21.3 Å². The lowest BCUT2D eigenvalue weighted by atomic mass is 10.2. The summed E-state index contributed by atoms with van der Waals surface area (Å²) in [6.45, 7) is 3.45. The van der Waals surface area contributed by atoms with Gasteiger partial charge < -0.3 is 0 Å².